The molecule has 0 radical (unpaired) electrons. The molecule has 0 aliphatic carbocycles. The molecular weight excluding hydrogens is 242 g/mol. The van der Waals surface area contributed by atoms with Crippen molar-refractivity contribution >= 4 is 5.91 Å². The van der Waals surface area contributed by atoms with Crippen molar-refractivity contribution in [2.24, 2.45) is 0 Å². The van der Waals surface area contributed by atoms with E-state index < -0.39 is 6.10 Å². The van der Waals surface area contributed by atoms with Crippen LogP contribution < -0.4 is 5.32 Å². The average molecular weight is 259 g/mol. The van der Waals surface area contributed by atoms with Crippen molar-refractivity contribution in [2.75, 3.05) is 6.54 Å². The number of nitrogens with one attached hydrogen (secondary N) is 1. The van der Waals surface area contributed by atoms with Crippen LogP contribution in [0, 0.1) is 0 Å². The van der Waals surface area contributed by atoms with E-state index in [-0.39, 0.29) is 18.2 Å². The van der Waals surface area contributed by atoms with Gasteiger partial charge >= 0.3 is 0 Å². The summed E-state index contributed by atoms with van der Waals surface area (Å²) >= 11 is 0. The number of aliphatic hydroxyl groups is 1. The second-order valence-electron chi connectivity index (χ2n) is 4.30. The number of hydrogen-bond donors (Lipinski definition) is 2. The Morgan fingerprint density at radius 1 is 1.32 bits per heavy atom. The Bertz CT molecular complexity index is 533. The van der Waals surface area contributed by atoms with Crippen molar-refractivity contribution < 1.29 is 14.3 Å². The van der Waals surface area contributed by atoms with E-state index in [0.29, 0.717) is 6.42 Å². The van der Waals surface area contributed by atoms with Gasteiger partial charge in [-0.1, -0.05) is 37.3 Å². The molecule has 4 heteroatoms. The Labute approximate surface area is 112 Å². The number of carbonyl (C=O) groups is 1. The third-order valence-corrected chi connectivity index (χ3v) is 2.93. The molecule has 2 aromatic rings. The van der Waals surface area contributed by atoms with E-state index in [1.54, 1.807) is 6.07 Å². The maximum absolute atomic E-state index is 12.0. The van der Waals surface area contributed by atoms with Crippen molar-refractivity contribution in [3.8, 4) is 11.1 Å². The monoisotopic (exact) mass is 259 g/mol. The molecule has 0 saturated heterocycles. The minimum Gasteiger partial charge on any atom is -0.459 e. The molecular formula is C15H17NO3. The predicted molar refractivity (Wildman–Crippen MR) is 72.8 cm³/mol. The highest BCUT2D eigenvalue weighted by Crippen LogP contribution is 2.24. The van der Waals surface area contributed by atoms with Crippen LogP contribution in [-0.2, 0) is 0 Å². The van der Waals surface area contributed by atoms with Crippen LogP contribution in [0.4, 0.5) is 0 Å². The topological polar surface area (TPSA) is 62.5 Å². The summed E-state index contributed by atoms with van der Waals surface area (Å²) in [5.74, 6) is -0.0362. The lowest BCUT2D eigenvalue weighted by Crippen LogP contribution is -2.31. The van der Waals surface area contributed by atoms with Gasteiger partial charge in [0.05, 0.1) is 12.4 Å². The first-order chi connectivity index (χ1) is 9.22. The van der Waals surface area contributed by atoms with Crippen LogP contribution in [0.3, 0.4) is 0 Å². The summed E-state index contributed by atoms with van der Waals surface area (Å²) in [5, 5.41) is 12.1. The van der Waals surface area contributed by atoms with E-state index in [1.165, 1.54) is 6.26 Å². The van der Waals surface area contributed by atoms with E-state index in [2.05, 4.69) is 5.32 Å². The van der Waals surface area contributed by atoms with Gasteiger partial charge in [-0.2, -0.15) is 0 Å². The molecule has 4 nitrogen and oxygen atoms in total. The van der Waals surface area contributed by atoms with Crippen molar-refractivity contribution in [2.45, 2.75) is 19.4 Å². The third kappa shape index (κ3) is 3.23. The molecule has 19 heavy (non-hydrogen) atoms. The van der Waals surface area contributed by atoms with E-state index in [1.807, 2.05) is 37.3 Å². The first-order valence-corrected chi connectivity index (χ1v) is 6.31. The highest BCUT2D eigenvalue weighted by atomic mass is 16.3. The number of hydrogen-bond acceptors (Lipinski definition) is 3. The second-order valence-corrected chi connectivity index (χ2v) is 4.30. The van der Waals surface area contributed by atoms with Gasteiger partial charge in [-0.15, -0.1) is 0 Å². The lowest BCUT2D eigenvalue weighted by molar-refractivity contribution is 0.0887. The van der Waals surface area contributed by atoms with Crippen LogP contribution in [-0.4, -0.2) is 23.7 Å². The molecule has 0 fully saturated rings. The number of amides is 1. The van der Waals surface area contributed by atoms with Crippen LogP contribution >= 0.6 is 0 Å². The zero-order chi connectivity index (χ0) is 13.7. The van der Waals surface area contributed by atoms with Gasteiger partial charge in [0.2, 0.25) is 0 Å². The quantitative estimate of drug-likeness (QED) is 0.867. The summed E-state index contributed by atoms with van der Waals surface area (Å²) in [5.41, 5.74) is 1.68. The van der Waals surface area contributed by atoms with Gasteiger partial charge in [0.15, 0.2) is 5.76 Å². The summed E-state index contributed by atoms with van der Waals surface area (Å²) in [6.45, 7) is 2.09. The molecule has 1 amide bonds. The summed E-state index contributed by atoms with van der Waals surface area (Å²) in [6, 6.07) is 11.3. The van der Waals surface area contributed by atoms with E-state index >= 15 is 0 Å². The Kier molecular flexibility index (Phi) is 4.36. The molecule has 0 saturated carbocycles. The Hall–Kier alpha value is -2.07. The highest BCUT2D eigenvalue weighted by Gasteiger charge is 2.16. The molecule has 1 aromatic heterocycles. The maximum atomic E-state index is 12.0. The van der Waals surface area contributed by atoms with Gasteiger partial charge in [0.25, 0.3) is 5.91 Å². The van der Waals surface area contributed by atoms with Crippen LogP contribution in [0.5, 0.6) is 0 Å². The Morgan fingerprint density at radius 3 is 2.74 bits per heavy atom. The van der Waals surface area contributed by atoms with Gasteiger partial charge in [0, 0.05) is 12.1 Å². The molecule has 1 unspecified atom stereocenters. The lowest BCUT2D eigenvalue weighted by atomic mass is 10.1. The van der Waals surface area contributed by atoms with E-state index in [9.17, 15) is 9.90 Å². The van der Waals surface area contributed by atoms with Crippen molar-refractivity contribution in [1.29, 1.82) is 0 Å². The minimum absolute atomic E-state index is 0.226. The normalized spacial score (nSPS) is 12.1. The molecule has 1 atom stereocenters. The zero-order valence-corrected chi connectivity index (χ0v) is 10.8. The van der Waals surface area contributed by atoms with Crippen molar-refractivity contribution in [3.63, 3.8) is 0 Å². The molecule has 1 aromatic carbocycles. The molecule has 2 rings (SSSR count). The smallest absolute Gasteiger partial charge is 0.287 e. The molecule has 0 bridgehead atoms. The fourth-order valence-corrected chi connectivity index (χ4v) is 1.77. The van der Waals surface area contributed by atoms with Gasteiger partial charge < -0.3 is 14.8 Å². The molecule has 0 spiro atoms. The number of rotatable bonds is 5. The van der Waals surface area contributed by atoms with Crippen molar-refractivity contribution in [1.82, 2.24) is 5.32 Å². The fourth-order valence-electron chi connectivity index (χ4n) is 1.77. The first-order valence-electron chi connectivity index (χ1n) is 6.31. The summed E-state index contributed by atoms with van der Waals surface area (Å²) in [4.78, 5) is 12.0. The standard InChI is InChI=1S/C15H17NO3/c1-2-12(17)10-16-15(18)14-13(8-9-19-14)11-6-4-3-5-7-11/h3-9,12,17H,2,10H2,1H3,(H,16,18). The highest BCUT2D eigenvalue weighted by molar-refractivity contribution is 5.98. The second kappa shape index (κ2) is 6.20. The molecule has 2 N–H and O–H groups in total. The maximum Gasteiger partial charge on any atom is 0.287 e. The average Bonchev–Trinajstić information content (AvgIpc) is 2.94. The SMILES string of the molecule is CCC(O)CNC(=O)c1occc1-c1ccccc1. The molecule has 100 valence electrons. The zero-order valence-electron chi connectivity index (χ0n) is 10.8. The number of furan rings is 1. The molecule has 1 heterocycles. The van der Waals surface area contributed by atoms with Crippen molar-refractivity contribution in [3.05, 3.63) is 48.4 Å². The van der Waals surface area contributed by atoms with Crippen LogP contribution in [0.25, 0.3) is 11.1 Å². The summed E-state index contributed by atoms with van der Waals surface area (Å²) in [6.07, 6.45) is 1.57. The first kappa shape index (κ1) is 13.4. The van der Waals surface area contributed by atoms with Gasteiger partial charge in [0.1, 0.15) is 0 Å². The third-order valence-electron chi connectivity index (χ3n) is 2.93. The Morgan fingerprint density at radius 2 is 2.05 bits per heavy atom. The Balaban J connectivity index is 2.14. The molecule has 0 aliphatic rings. The lowest BCUT2D eigenvalue weighted by Gasteiger charge is -2.09. The summed E-state index contributed by atoms with van der Waals surface area (Å²) < 4.78 is 5.25. The largest absolute Gasteiger partial charge is 0.459 e. The van der Waals surface area contributed by atoms with Gasteiger partial charge in [-0.05, 0) is 18.1 Å². The van der Waals surface area contributed by atoms with Crippen LogP contribution in [0.15, 0.2) is 47.1 Å². The number of aliphatic hydroxyl groups excluding tert-OH is 1. The van der Waals surface area contributed by atoms with Crippen LogP contribution in [0.2, 0.25) is 0 Å². The predicted octanol–water partition coefficient (Wildman–Crippen LogP) is 2.45. The minimum atomic E-state index is -0.529. The fraction of sp³-hybridized carbons (Fsp3) is 0.267. The molecule has 0 aliphatic heterocycles. The van der Waals surface area contributed by atoms with E-state index in [0.717, 1.165) is 11.1 Å². The van der Waals surface area contributed by atoms with Gasteiger partial charge in [-0.3, -0.25) is 4.79 Å². The number of carbonyl (C=O) groups excluding carboxylic acids is 1. The summed E-state index contributed by atoms with van der Waals surface area (Å²) in [7, 11) is 0. The van der Waals surface area contributed by atoms with Gasteiger partial charge in [-0.25, -0.2) is 0 Å². The van der Waals surface area contributed by atoms with Crippen LogP contribution in [0.1, 0.15) is 23.9 Å². The number of benzene rings is 1. The van der Waals surface area contributed by atoms with E-state index in [4.69, 9.17) is 4.42 Å².